The van der Waals surface area contributed by atoms with Crippen molar-refractivity contribution in [1.29, 1.82) is 0 Å². The molecule has 0 aliphatic carbocycles. The topological polar surface area (TPSA) is 35.5 Å². The molecule has 0 saturated heterocycles. The minimum atomic E-state index is -0.372. The van der Waals surface area contributed by atoms with Crippen LogP contribution in [-0.4, -0.2) is 12.6 Å². The second kappa shape index (κ2) is 5.95. The highest BCUT2D eigenvalue weighted by Crippen LogP contribution is 2.33. The molecule has 0 aromatic heterocycles. The average Bonchev–Trinajstić information content (AvgIpc) is 2.29. The van der Waals surface area contributed by atoms with E-state index in [1.807, 2.05) is 26.0 Å². The maximum Gasteiger partial charge on any atom is 0.308 e. The molecule has 0 spiro atoms. The fourth-order valence-corrected chi connectivity index (χ4v) is 1.52. The Balaban J connectivity index is 3.14. The summed E-state index contributed by atoms with van der Waals surface area (Å²) in [6.45, 7) is 5.43. The van der Waals surface area contributed by atoms with E-state index in [0.29, 0.717) is 11.5 Å². The van der Waals surface area contributed by atoms with Gasteiger partial charge in [-0.15, -0.1) is 6.42 Å². The average molecular weight is 232 g/mol. The summed E-state index contributed by atoms with van der Waals surface area (Å²) in [5.74, 6) is 2.99. The van der Waals surface area contributed by atoms with Gasteiger partial charge in [0.05, 0.1) is 0 Å². The lowest BCUT2D eigenvalue weighted by Gasteiger charge is -2.13. The van der Waals surface area contributed by atoms with Crippen molar-refractivity contribution < 1.29 is 14.3 Å². The minimum Gasteiger partial charge on any atom is -0.477 e. The first-order valence-electron chi connectivity index (χ1n) is 5.46. The molecule has 0 bridgehead atoms. The molecule has 0 aliphatic rings. The highest BCUT2D eigenvalue weighted by atomic mass is 16.6. The molecule has 0 amide bonds. The Kier molecular flexibility index (Phi) is 4.59. The third-order valence-corrected chi connectivity index (χ3v) is 2.27. The van der Waals surface area contributed by atoms with Gasteiger partial charge in [-0.05, 0) is 30.5 Å². The summed E-state index contributed by atoms with van der Waals surface area (Å²) >= 11 is 0. The number of hydrogen-bond donors (Lipinski definition) is 0. The molecule has 0 fully saturated rings. The van der Waals surface area contributed by atoms with Crippen molar-refractivity contribution in [2.45, 2.75) is 27.2 Å². The Bertz CT molecular complexity index is 455. The molecular weight excluding hydrogens is 216 g/mol. The smallest absolute Gasteiger partial charge is 0.308 e. The highest BCUT2D eigenvalue weighted by Gasteiger charge is 2.12. The zero-order valence-electron chi connectivity index (χ0n) is 10.4. The molecule has 0 radical (unpaired) electrons. The van der Waals surface area contributed by atoms with Gasteiger partial charge in [0.2, 0.25) is 0 Å². The second-order valence-electron chi connectivity index (χ2n) is 3.68. The van der Waals surface area contributed by atoms with Crippen LogP contribution in [0.5, 0.6) is 11.5 Å². The number of esters is 1. The van der Waals surface area contributed by atoms with Crippen LogP contribution in [0.25, 0.3) is 0 Å². The van der Waals surface area contributed by atoms with E-state index in [1.165, 1.54) is 6.92 Å². The first kappa shape index (κ1) is 13.1. The van der Waals surface area contributed by atoms with Crippen LogP contribution in [0.2, 0.25) is 0 Å². The molecule has 1 rings (SSSR count). The summed E-state index contributed by atoms with van der Waals surface area (Å²) in [6.07, 6.45) is 6.04. The Labute approximate surface area is 102 Å². The normalized spacial score (nSPS) is 9.53. The van der Waals surface area contributed by atoms with Gasteiger partial charge in [-0.25, -0.2) is 0 Å². The Hall–Kier alpha value is -1.95. The van der Waals surface area contributed by atoms with Gasteiger partial charge in [0.25, 0.3) is 0 Å². The summed E-state index contributed by atoms with van der Waals surface area (Å²) in [5, 5.41) is 0. The predicted octanol–water partition coefficient (Wildman–Crippen LogP) is 2.49. The third kappa shape index (κ3) is 3.53. The number of hydrogen-bond acceptors (Lipinski definition) is 3. The van der Waals surface area contributed by atoms with E-state index in [2.05, 4.69) is 5.92 Å². The van der Waals surface area contributed by atoms with E-state index in [4.69, 9.17) is 15.9 Å². The van der Waals surface area contributed by atoms with Crippen LogP contribution in [-0.2, 0) is 11.2 Å². The molecule has 0 saturated carbocycles. The van der Waals surface area contributed by atoms with E-state index in [9.17, 15) is 4.79 Å². The van der Waals surface area contributed by atoms with Crippen LogP contribution < -0.4 is 9.47 Å². The van der Waals surface area contributed by atoms with Gasteiger partial charge in [-0.3, -0.25) is 4.79 Å². The molecule has 0 atom stereocenters. The van der Waals surface area contributed by atoms with E-state index in [0.717, 1.165) is 17.5 Å². The lowest BCUT2D eigenvalue weighted by molar-refractivity contribution is -0.132. The summed E-state index contributed by atoms with van der Waals surface area (Å²) in [7, 11) is 0. The molecule has 3 heteroatoms. The Morgan fingerprint density at radius 3 is 2.71 bits per heavy atom. The summed E-state index contributed by atoms with van der Waals surface area (Å²) in [5.41, 5.74) is 1.98. The van der Waals surface area contributed by atoms with Crippen molar-refractivity contribution >= 4 is 5.97 Å². The molecule has 0 unspecified atom stereocenters. The van der Waals surface area contributed by atoms with Crippen LogP contribution in [0.3, 0.4) is 0 Å². The van der Waals surface area contributed by atoms with Crippen LogP contribution in [0.1, 0.15) is 25.0 Å². The van der Waals surface area contributed by atoms with Crippen molar-refractivity contribution in [2.24, 2.45) is 0 Å². The SMILES string of the molecule is C#CCOc1cc(CC)cc(C)c1OC(C)=O. The summed E-state index contributed by atoms with van der Waals surface area (Å²) < 4.78 is 10.5. The largest absolute Gasteiger partial charge is 0.477 e. The summed E-state index contributed by atoms with van der Waals surface area (Å²) in [4.78, 5) is 11.0. The zero-order chi connectivity index (χ0) is 12.8. The van der Waals surface area contributed by atoms with Crippen molar-refractivity contribution in [3.63, 3.8) is 0 Å². The van der Waals surface area contributed by atoms with Crippen LogP contribution in [0.15, 0.2) is 12.1 Å². The quantitative estimate of drug-likeness (QED) is 0.454. The van der Waals surface area contributed by atoms with Gasteiger partial charge in [0, 0.05) is 6.92 Å². The van der Waals surface area contributed by atoms with E-state index >= 15 is 0 Å². The third-order valence-electron chi connectivity index (χ3n) is 2.27. The Morgan fingerprint density at radius 1 is 1.47 bits per heavy atom. The van der Waals surface area contributed by atoms with Crippen molar-refractivity contribution in [1.82, 2.24) is 0 Å². The Morgan fingerprint density at radius 2 is 2.18 bits per heavy atom. The molecular formula is C14H16O3. The fraction of sp³-hybridized carbons (Fsp3) is 0.357. The van der Waals surface area contributed by atoms with Gasteiger partial charge < -0.3 is 9.47 Å². The number of carbonyl (C=O) groups excluding carboxylic acids is 1. The number of rotatable bonds is 4. The van der Waals surface area contributed by atoms with Crippen molar-refractivity contribution in [3.05, 3.63) is 23.3 Å². The lowest BCUT2D eigenvalue weighted by Crippen LogP contribution is -2.06. The minimum absolute atomic E-state index is 0.154. The van der Waals surface area contributed by atoms with Crippen molar-refractivity contribution in [3.8, 4) is 23.8 Å². The van der Waals surface area contributed by atoms with E-state index < -0.39 is 0 Å². The first-order chi connectivity index (χ1) is 8.08. The first-order valence-corrected chi connectivity index (χ1v) is 5.46. The molecule has 90 valence electrons. The molecule has 0 aliphatic heterocycles. The maximum absolute atomic E-state index is 11.0. The fourth-order valence-electron chi connectivity index (χ4n) is 1.52. The zero-order valence-corrected chi connectivity index (χ0v) is 10.4. The number of carbonyl (C=O) groups is 1. The molecule has 0 heterocycles. The molecule has 17 heavy (non-hydrogen) atoms. The van der Waals surface area contributed by atoms with E-state index in [1.54, 1.807) is 0 Å². The lowest BCUT2D eigenvalue weighted by atomic mass is 10.1. The second-order valence-corrected chi connectivity index (χ2v) is 3.68. The number of terminal acetylenes is 1. The molecule has 1 aromatic carbocycles. The molecule has 1 aromatic rings. The van der Waals surface area contributed by atoms with Gasteiger partial charge in [-0.2, -0.15) is 0 Å². The van der Waals surface area contributed by atoms with E-state index in [-0.39, 0.29) is 12.6 Å². The number of benzene rings is 1. The predicted molar refractivity (Wildman–Crippen MR) is 66.2 cm³/mol. The standard InChI is InChI=1S/C14H16O3/c1-5-7-16-13-9-12(6-2)8-10(3)14(13)17-11(4)15/h1,8-9H,6-7H2,2-4H3. The van der Waals surface area contributed by atoms with Crippen LogP contribution in [0, 0.1) is 19.3 Å². The van der Waals surface area contributed by atoms with Gasteiger partial charge in [0.1, 0.15) is 6.61 Å². The molecule has 3 nitrogen and oxygen atoms in total. The summed E-state index contributed by atoms with van der Waals surface area (Å²) in [6, 6.07) is 3.82. The highest BCUT2D eigenvalue weighted by molar-refractivity contribution is 5.71. The van der Waals surface area contributed by atoms with Gasteiger partial charge >= 0.3 is 5.97 Å². The van der Waals surface area contributed by atoms with Crippen molar-refractivity contribution in [2.75, 3.05) is 6.61 Å². The number of ether oxygens (including phenoxy) is 2. The van der Waals surface area contributed by atoms with Crippen LogP contribution in [0.4, 0.5) is 0 Å². The maximum atomic E-state index is 11.0. The molecule has 0 N–H and O–H groups in total. The van der Waals surface area contributed by atoms with Gasteiger partial charge in [0.15, 0.2) is 11.5 Å². The van der Waals surface area contributed by atoms with Crippen LogP contribution >= 0.6 is 0 Å². The van der Waals surface area contributed by atoms with Gasteiger partial charge in [-0.1, -0.05) is 18.9 Å². The monoisotopic (exact) mass is 232 g/mol. The number of aryl methyl sites for hydroxylation is 2.